The average Bonchev–Trinajstić information content (AvgIpc) is 2.63. The molecule has 1 rings (SSSR count). The molecule has 0 aliphatic carbocycles. The van der Waals surface area contributed by atoms with E-state index in [0.717, 1.165) is 25.3 Å². The molecule has 0 bridgehead atoms. The number of hydrogen-bond donors (Lipinski definition) is 0. The number of rotatable bonds is 13. The summed E-state index contributed by atoms with van der Waals surface area (Å²) in [6.45, 7) is 4.03. The molecule has 0 radical (unpaired) electrons. The lowest BCUT2D eigenvalue weighted by molar-refractivity contribution is -0.423. The van der Waals surface area contributed by atoms with Crippen molar-refractivity contribution in [3.63, 3.8) is 0 Å². The number of nitro benzene ring substituents is 2. The van der Waals surface area contributed by atoms with Gasteiger partial charge in [-0.05, 0) is 18.9 Å². The van der Waals surface area contributed by atoms with Crippen LogP contribution in [0, 0.1) is 26.1 Å². The van der Waals surface area contributed by atoms with E-state index in [1.54, 1.807) is 0 Å². The first-order valence-electron chi connectivity index (χ1n) is 9.55. The Hall–Kier alpha value is -2.51. The molecule has 150 valence electrons. The molecule has 8 nitrogen and oxygen atoms in total. The van der Waals surface area contributed by atoms with E-state index in [1.807, 2.05) is 6.92 Å². The summed E-state index contributed by atoms with van der Waals surface area (Å²) >= 11 is 0. The number of ether oxygens (including phenoxy) is 1. The summed E-state index contributed by atoms with van der Waals surface area (Å²) < 4.78 is 5.18. The zero-order valence-electron chi connectivity index (χ0n) is 16.0. The highest BCUT2D eigenvalue weighted by molar-refractivity contribution is 5.77. The number of carbonyl (C=O) groups excluding carboxylic acids is 1. The van der Waals surface area contributed by atoms with Gasteiger partial charge in [0.1, 0.15) is 0 Å². The van der Waals surface area contributed by atoms with Crippen LogP contribution in [0.5, 0.6) is 5.75 Å². The van der Waals surface area contributed by atoms with Crippen LogP contribution in [0.15, 0.2) is 18.2 Å². The number of nitrogens with zero attached hydrogens (tertiary/aromatic N) is 2. The molecule has 0 saturated carbocycles. The lowest BCUT2D eigenvalue weighted by Crippen LogP contribution is -2.20. The molecule has 0 heterocycles. The van der Waals surface area contributed by atoms with Gasteiger partial charge in [-0.25, -0.2) is 0 Å². The van der Waals surface area contributed by atoms with Crippen molar-refractivity contribution >= 4 is 17.3 Å². The second kappa shape index (κ2) is 12.0. The molecule has 8 heteroatoms. The Balaban J connectivity index is 2.66. The minimum absolute atomic E-state index is 0.375. The Bertz CT molecular complexity index is 647. The fourth-order valence-electron chi connectivity index (χ4n) is 2.95. The van der Waals surface area contributed by atoms with Gasteiger partial charge in [-0.15, -0.1) is 0 Å². The summed E-state index contributed by atoms with van der Waals surface area (Å²) in [5.41, 5.74) is -1.48. The van der Waals surface area contributed by atoms with Crippen LogP contribution < -0.4 is 4.74 Å². The minimum atomic E-state index is -0.891. The highest BCUT2D eigenvalue weighted by atomic mass is 16.6. The Labute approximate surface area is 159 Å². The predicted octanol–water partition coefficient (Wildman–Crippen LogP) is 5.58. The zero-order valence-corrected chi connectivity index (χ0v) is 16.0. The average molecular weight is 380 g/mol. The number of hydrogen-bond acceptors (Lipinski definition) is 6. The monoisotopic (exact) mass is 380 g/mol. The van der Waals surface area contributed by atoms with Crippen LogP contribution in [0.3, 0.4) is 0 Å². The number of unbranched alkanes of at least 4 members (excludes halogenated alkanes) is 6. The third-order valence-electron chi connectivity index (χ3n) is 4.55. The molecule has 1 atom stereocenters. The van der Waals surface area contributed by atoms with E-state index in [4.69, 9.17) is 4.74 Å². The maximum atomic E-state index is 12.4. The van der Waals surface area contributed by atoms with E-state index in [0.29, 0.717) is 12.8 Å². The second-order valence-electron chi connectivity index (χ2n) is 6.57. The van der Waals surface area contributed by atoms with Gasteiger partial charge in [0, 0.05) is 6.07 Å². The van der Waals surface area contributed by atoms with Crippen molar-refractivity contribution in [2.75, 3.05) is 0 Å². The number of para-hydroxylation sites is 1. The largest absolute Gasteiger partial charge is 0.419 e. The van der Waals surface area contributed by atoms with Gasteiger partial charge in [0.05, 0.1) is 15.8 Å². The Morgan fingerprint density at radius 1 is 1.00 bits per heavy atom. The Kier molecular flexibility index (Phi) is 10.00. The van der Waals surface area contributed by atoms with Gasteiger partial charge in [-0.3, -0.25) is 25.0 Å². The van der Waals surface area contributed by atoms with Gasteiger partial charge < -0.3 is 4.74 Å². The topological polar surface area (TPSA) is 113 Å². The second-order valence-corrected chi connectivity index (χ2v) is 6.57. The van der Waals surface area contributed by atoms with Gasteiger partial charge in [0.15, 0.2) is 0 Å². The van der Waals surface area contributed by atoms with Crippen LogP contribution in [0.25, 0.3) is 0 Å². The molecule has 0 N–H and O–H groups in total. The van der Waals surface area contributed by atoms with E-state index >= 15 is 0 Å². The molecule has 0 aliphatic rings. The minimum Gasteiger partial charge on any atom is -0.419 e. The first kappa shape index (κ1) is 22.5. The molecule has 1 aromatic carbocycles. The number of nitro groups is 2. The SMILES string of the molecule is CCCCCCCCCC(CC)C(=O)Oc1cccc([N+](=O)[O-])c1[N+](=O)[O-]. The van der Waals surface area contributed by atoms with E-state index in [2.05, 4.69) is 6.92 Å². The van der Waals surface area contributed by atoms with Crippen molar-refractivity contribution < 1.29 is 19.4 Å². The lowest BCUT2D eigenvalue weighted by atomic mass is 9.98. The van der Waals surface area contributed by atoms with Crippen LogP contribution in [-0.4, -0.2) is 15.8 Å². The van der Waals surface area contributed by atoms with Crippen LogP contribution in [0.2, 0.25) is 0 Å². The number of carbonyl (C=O) groups is 1. The fourth-order valence-corrected chi connectivity index (χ4v) is 2.95. The van der Waals surface area contributed by atoms with E-state index in [9.17, 15) is 25.0 Å². The highest BCUT2D eigenvalue weighted by Gasteiger charge is 2.31. The van der Waals surface area contributed by atoms with Crippen molar-refractivity contribution in [3.8, 4) is 5.75 Å². The molecule has 27 heavy (non-hydrogen) atoms. The normalized spacial score (nSPS) is 11.8. The molecule has 1 unspecified atom stereocenters. The van der Waals surface area contributed by atoms with Gasteiger partial charge >= 0.3 is 17.3 Å². The van der Waals surface area contributed by atoms with Crippen LogP contribution in [0.4, 0.5) is 11.4 Å². The summed E-state index contributed by atoms with van der Waals surface area (Å²) in [4.78, 5) is 32.8. The number of benzene rings is 1. The van der Waals surface area contributed by atoms with Crippen molar-refractivity contribution in [3.05, 3.63) is 38.4 Å². The molecular formula is C19H28N2O6. The van der Waals surface area contributed by atoms with Crippen LogP contribution in [0.1, 0.15) is 71.6 Å². The smallest absolute Gasteiger partial charge is 0.388 e. The maximum Gasteiger partial charge on any atom is 0.388 e. The van der Waals surface area contributed by atoms with Crippen molar-refractivity contribution in [2.45, 2.75) is 71.6 Å². The highest BCUT2D eigenvalue weighted by Crippen LogP contribution is 2.36. The number of esters is 1. The molecule has 0 aromatic heterocycles. The molecule has 0 saturated heterocycles. The van der Waals surface area contributed by atoms with E-state index in [1.165, 1.54) is 37.8 Å². The molecule has 1 aromatic rings. The summed E-state index contributed by atoms with van der Waals surface area (Å²) in [6, 6.07) is 3.50. The molecule has 0 spiro atoms. The van der Waals surface area contributed by atoms with Crippen molar-refractivity contribution in [2.24, 2.45) is 5.92 Å². The maximum absolute atomic E-state index is 12.4. The Morgan fingerprint density at radius 2 is 1.63 bits per heavy atom. The van der Waals surface area contributed by atoms with E-state index in [-0.39, 0.29) is 11.7 Å². The van der Waals surface area contributed by atoms with Crippen molar-refractivity contribution in [1.82, 2.24) is 0 Å². The van der Waals surface area contributed by atoms with Gasteiger partial charge in [-0.2, -0.15) is 0 Å². The van der Waals surface area contributed by atoms with Gasteiger partial charge in [0.25, 0.3) is 0 Å². The van der Waals surface area contributed by atoms with Gasteiger partial charge in [-0.1, -0.05) is 64.9 Å². The summed E-state index contributed by atoms with van der Waals surface area (Å²) in [7, 11) is 0. The molecule has 0 aliphatic heterocycles. The lowest BCUT2D eigenvalue weighted by Gasteiger charge is -2.14. The third kappa shape index (κ3) is 7.32. The fraction of sp³-hybridized carbons (Fsp3) is 0.632. The molecular weight excluding hydrogens is 352 g/mol. The summed E-state index contributed by atoms with van der Waals surface area (Å²) in [5, 5.41) is 22.2. The summed E-state index contributed by atoms with van der Waals surface area (Å²) in [5.74, 6) is -1.33. The molecule has 0 amide bonds. The first-order valence-corrected chi connectivity index (χ1v) is 9.55. The van der Waals surface area contributed by atoms with Gasteiger partial charge in [0.2, 0.25) is 5.75 Å². The van der Waals surface area contributed by atoms with E-state index < -0.39 is 27.2 Å². The zero-order chi connectivity index (χ0) is 20.2. The summed E-state index contributed by atoms with van der Waals surface area (Å²) in [6.07, 6.45) is 9.10. The van der Waals surface area contributed by atoms with Crippen molar-refractivity contribution in [1.29, 1.82) is 0 Å². The standard InChI is InChI=1S/C19H28N2O6/c1-3-5-6-7-8-9-10-12-15(4-2)19(22)27-17-14-11-13-16(20(23)24)18(17)21(25)26/h11,13-15H,3-10,12H2,1-2H3. The van der Waals surface area contributed by atoms with Crippen LogP contribution in [-0.2, 0) is 4.79 Å². The third-order valence-corrected chi connectivity index (χ3v) is 4.55. The molecule has 0 fully saturated rings. The predicted molar refractivity (Wildman–Crippen MR) is 102 cm³/mol. The van der Waals surface area contributed by atoms with Crippen LogP contribution >= 0.6 is 0 Å². The Morgan fingerprint density at radius 3 is 2.19 bits per heavy atom. The first-order chi connectivity index (χ1) is 12.9. The quantitative estimate of drug-likeness (QED) is 0.145.